The van der Waals surface area contributed by atoms with Crippen LogP contribution in [0.5, 0.6) is 0 Å². The maximum Gasteiger partial charge on any atom is 0.310 e. The maximum atomic E-state index is 12.8. The first-order valence-corrected chi connectivity index (χ1v) is 9.65. The number of nitriles is 1. The minimum atomic E-state index is -0.977. The first-order valence-electron chi connectivity index (χ1n) is 8.84. The zero-order valence-electron chi connectivity index (χ0n) is 13.8. The summed E-state index contributed by atoms with van der Waals surface area (Å²) in [7, 11) is 0. The molecule has 2 fully saturated rings. The molecular weight excluding hydrogens is 340 g/mol. The molecule has 0 spiro atoms. The van der Waals surface area contributed by atoms with Crippen molar-refractivity contribution in [3.63, 3.8) is 0 Å². The normalized spacial score (nSPS) is 30.4. The summed E-state index contributed by atoms with van der Waals surface area (Å²) in [4.78, 5) is 25.6. The lowest BCUT2D eigenvalue weighted by molar-refractivity contribution is -0.147. The molecular formula is C18H20N2O4S. The molecule has 0 saturated carbocycles. The van der Waals surface area contributed by atoms with Gasteiger partial charge in [-0.15, -0.1) is 11.3 Å². The van der Waals surface area contributed by atoms with Crippen LogP contribution in [0.1, 0.15) is 48.1 Å². The molecule has 0 unspecified atom stereocenters. The van der Waals surface area contributed by atoms with Gasteiger partial charge >= 0.3 is 5.97 Å². The lowest BCUT2D eigenvalue weighted by Crippen LogP contribution is -2.40. The molecule has 2 N–H and O–H groups in total. The number of aryl methyl sites for hydroxylation is 1. The van der Waals surface area contributed by atoms with Gasteiger partial charge in [-0.05, 0) is 44.1 Å². The van der Waals surface area contributed by atoms with E-state index in [2.05, 4.69) is 11.4 Å². The van der Waals surface area contributed by atoms with E-state index in [1.807, 2.05) is 0 Å². The van der Waals surface area contributed by atoms with Crippen LogP contribution in [0.2, 0.25) is 0 Å². The average molecular weight is 360 g/mol. The number of hydrogen-bond acceptors (Lipinski definition) is 5. The van der Waals surface area contributed by atoms with Crippen molar-refractivity contribution >= 4 is 28.2 Å². The number of aliphatic carboxylic acids is 1. The van der Waals surface area contributed by atoms with Crippen molar-refractivity contribution in [2.24, 2.45) is 11.8 Å². The summed E-state index contributed by atoms with van der Waals surface area (Å²) in [5, 5.41) is 22.5. The number of rotatable bonds is 3. The van der Waals surface area contributed by atoms with E-state index in [4.69, 9.17) is 4.74 Å². The van der Waals surface area contributed by atoms with Crippen molar-refractivity contribution in [3.8, 4) is 6.07 Å². The van der Waals surface area contributed by atoms with Crippen LogP contribution in [0, 0.1) is 23.2 Å². The van der Waals surface area contributed by atoms with Gasteiger partial charge in [-0.25, -0.2) is 0 Å². The topological polar surface area (TPSA) is 99.4 Å². The number of fused-ring (bicyclic) bond motifs is 3. The number of ether oxygens (including phenoxy) is 1. The Labute approximate surface area is 149 Å². The fourth-order valence-electron chi connectivity index (χ4n) is 4.47. The average Bonchev–Trinajstić information content (AvgIpc) is 3.23. The Kier molecular flexibility index (Phi) is 4.26. The first kappa shape index (κ1) is 16.6. The predicted octanol–water partition coefficient (Wildman–Crippen LogP) is 2.71. The number of hydrogen-bond donors (Lipinski definition) is 2. The minimum Gasteiger partial charge on any atom is -0.481 e. The highest BCUT2D eigenvalue weighted by molar-refractivity contribution is 7.16. The van der Waals surface area contributed by atoms with Gasteiger partial charge in [-0.2, -0.15) is 5.26 Å². The van der Waals surface area contributed by atoms with Crippen LogP contribution in [0.4, 0.5) is 5.00 Å². The standard InChI is InChI=1S/C18H20N2O4S/c19-8-10-9-4-2-1-3-5-13(9)25-17(10)20-16(21)14-11-6-7-12(24-11)15(14)18(22)23/h11-12,14-15H,1-7H2,(H,20,21)(H,22,23)/t11-,12-,14+,15+/m1/s1. The van der Waals surface area contributed by atoms with Gasteiger partial charge in [-0.3, -0.25) is 9.59 Å². The van der Waals surface area contributed by atoms with Crippen molar-refractivity contribution in [3.05, 3.63) is 16.0 Å². The molecule has 3 aliphatic rings. The number of nitrogens with zero attached hydrogens (tertiary/aromatic N) is 1. The van der Waals surface area contributed by atoms with Crippen LogP contribution in [0.25, 0.3) is 0 Å². The van der Waals surface area contributed by atoms with E-state index in [1.54, 1.807) is 0 Å². The lowest BCUT2D eigenvalue weighted by atomic mass is 9.79. The van der Waals surface area contributed by atoms with Gasteiger partial charge in [-0.1, -0.05) is 6.42 Å². The summed E-state index contributed by atoms with van der Waals surface area (Å²) in [5.74, 6) is -2.77. The third-order valence-corrected chi connectivity index (χ3v) is 6.84. The third kappa shape index (κ3) is 2.74. The molecule has 132 valence electrons. The second kappa shape index (κ2) is 6.43. The molecule has 4 rings (SSSR count). The van der Waals surface area contributed by atoms with E-state index in [9.17, 15) is 20.0 Å². The van der Waals surface area contributed by atoms with Crippen LogP contribution >= 0.6 is 11.3 Å². The Morgan fingerprint density at radius 3 is 2.60 bits per heavy atom. The molecule has 0 radical (unpaired) electrons. The summed E-state index contributed by atoms with van der Waals surface area (Å²) in [5.41, 5.74) is 1.63. The van der Waals surface area contributed by atoms with Crippen LogP contribution in [-0.4, -0.2) is 29.2 Å². The molecule has 2 saturated heterocycles. The molecule has 1 amide bonds. The Morgan fingerprint density at radius 1 is 1.16 bits per heavy atom. The Balaban J connectivity index is 1.59. The van der Waals surface area contributed by atoms with E-state index in [0.29, 0.717) is 17.0 Å². The van der Waals surface area contributed by atoms with Gasteiger partial charge in [0.05, 0.1) is 29.6 Å². The quantitative estimate of drug-likeness (QED) is 0.808. The predicted molar refractivity (Wildman–Crippen MR) is 91.4 cm³/mol. The highest BCUT2D eigenvalue weighted by Crippen LogP contribution is 2.45. The Hall–Kier alpha value is -1.91. The fourth-order valence-corrected chi connectivity index (χ4v) is 5.71. The molecule has 2 aliphatic heterocycles. The van der Waals surface area contributed by atoms with Crippen molar-refractivity contribution in [1.82, 2.24) is 0 Å². The van der Waals surface area contributed by atoms with Crippen molar-refractivity contribution in [2.75, 3.05) is 5.32 Å². The van der Waals surface area contributed by atoms with Crippen molar-refractivity contribution in [1.29, 1.82) is 5.26 Å². The molecule has 1 aromatic heterocycles. The number of carboxylic acids is 1. The van der Waals surface area contributed by atoms with E-state index in [0.717, 1.165) is 44.1 Å². The smallest absolute Gasteiger partial charge is 0.310 e. The molecule has 4 atom stereocenters. The summed E-state index contributed by atoms with van der Waals surface area (Å²) in [6.07, 6.45) is 5.87. The molecule has 2 bridgehead atoms. The van der Waals surface area contributed by atoms with E-state index < -0.39 is 17.8 Å². The highest BCUT2D eigenvalue weighted by atomic mass is 32.1. The number of amides is 1. The zero-order valence-corrected chi connectivity index (χ0v) is 14.6. The van der Waals surface area contributed by atoms with Crippen LogP contribution < -0.4 is 5.32 Å². The molecule has 1 aromatic rings. The molecule has 7 heteroatoms. The second-order valence-corrected chi connectivity index (χ2v) is 8.15. The molecule has 0 aromatic carbocycles. The largest absolute Gasteiger partial charge is 0.481 e. The summed E-state index contributed by atoms with van der Waals surface area (Å²) in [6.45, 7) is 0. The van der Waals surface area contributed by atoms with E-state index >= 15 is 0 Å². The highest BCUT2D eigenvalue weighted by Gasteiger charge is 2.55. The Morgan fingerprint density at radius 2 is 1.88 bits per heavy atom. The lowest BCUT2D eigenvalue weighted by Gasteiger charge is -2.23. The van der Waals surface area contributed by atoms with Gasteiger partial charge in [0.15, 0.2) is 0 Å². The van der Waals surface area contributed by atoms with Crippen LogP contribution in [-0.2, 0) is 27.2 Å². The van der Waals surface area contributed by atoms with E-state index in [1.165, 1.54) is 16.2 Å². The Bertz CT molecular complexity index is 766. The first-order chi connectivity index (χ1) is 12.1. The summed E-state index contributed by atoms with van der Waals surface area (Å²) >= 11 is 1.47. The van der Waals surface area contributed by atoms with Gasteiger partial charge in [0.1, 0.15) is 11.1 Å². The fraction of sp³-hybridized carbons (Fsp3) is 0.611. The van der Waals surface area contributed by atoms with E-state index in [-0.39, 0.29) is 18.1 Å². The van der Waals surface area contributed by atoms with Crippen LogP contribution in [0.3, 0.4) is 0 Å². The van der Waals surface area contributed by atoms with Gasteiger partial charge < -0.3 is 15.2 Å². The monoisotopic (exact) mass is 360 g/mol. The molecule has 6 nitrogen and oxygen atoms in total. The maximum absolute atomic E-state index is 12.8. The number of carbonyl (C=O) groups is 2. The number of carbonyl (C=O) groups excluding carboxylic acids is 1. The second-order valence-electron chi connectivity index (χ2n) is 7.05. The van der Waals surface area contributed by atoms with Crippen molar-refractivity contribution < 1.29 is 19.4 Å². The number of anilines is 1. The van der Waals surface area contributed by atoms with Gasteiger partial charge in [0.25, 0.3) is 0 Å². The van der Waals surface area contributed by atoms with Crippen molar-refractivity contribution in [2.45, 2.75) is 57.2 Å². The summed E-state index contributed by atoms with van der Waals surface area (Å²) < 4.78 is 5.67. The third-order valence-electron chi connectivity index (χ3n) is 5.63. The number of carboxylic acid groups (broad SMARTS) is 1. The van der Waals surface area contributed by atoms with Gasteiger partial charge in [0.2, 0.25) is 5.91 Å². The van der Waals surface area contributed by atoms with Crippen LogP contribution in [0.15, 0.2) is 0 Å². The molecule has 3 heterocycles. The molecule has 25 heavy (non-hydrogen) atoms. The SMILES string of the molecule is N#Cc1c(NC(=O)[C@@H]2[C@@H](C(=O)O)[C@H]3CC[C@H]2O3)sc2c1CCCCC2. The number of thiophene rings is 1. The molecule has 1 aliphatic carbocycles. The summed E-state index contributed by atoms with van der Waals surface area (Å²) in [6, 6.07) is 2.24. The number of nitrogens with one attached hydrogen (secondary N) is 1. The van der Waals surface area contributed by atoms with Gasteiger partial charge in [0, 0.05) is 4.88 Å². The zero-order chi connectivity index (χ0) is 17.6. The minimum absolute atomic E-state index is 0.325.